The Bertz CT molecular complexity index is 1180. The monoisotopic (exact) mass is 412 g/mol. The molecule has 3 heterocycles. The number of nitrogen functional groups attached to an aromatic ring is 1. The highest BCUT2D eigenvalue weighted by Crippen LogP contribution is 2.33. The molecular formula is C19H17FN6O4. The van der Waals surface area contributed by atoms with E-state index in [0.717, 1.165) is 0 Å². The van der Waals surface area contributed by atoms with Crippen molar-refractivity contribution < 1.29 is 23.2 Å². The van der Waals surface area contributed by atoms with E-state index in [1.54, 1.807) is 6.92 Å². The maximum Gasteiger partial charge on any atom is 0.271 e. The van der Waals surface area contributed by atoms with Gasteiger partial charge in [0, 0.05) is 18.2 Å². The number of hydrogen-bond acceptors (Lipinski definition) is 8. The lowest BCUT2D eigenvalue weighted by Crippen LogP contribution is -2.28. The van der Waals surface area contributed by atoms with Gasteiger partial charge in [-0.2, -0.15) is 0 Å². The zero-order valence-electron chi connectivity index (χ0n) is 16.0. The number of hydrogen-bond donors (Lipinski definition) is 2. The summed E-state index contributed by atoms with van der Waals surface area (Å²) in [6, 6.07) is 3.77. The van der Waals surface area contributed by atoms with E-state index in [1.807, 2.05) is 0 Å². The summed E-state index contributed by atoms with van der Waals surface area (Å²) in [7, 11) is 1.53. The van der Waals surface area contributed by atoms with Gasteiger partial charge in [0.25, 0.3) is 17.7 Å². The molecule has 4 rings (SSSR count). The summed E-state index contributed by atoms with van der Waals surface area (Å²) in [4.78, 5) is 34.7. The quantitative estimate of drug-likeness (QED) is 0.613. The SMILES string of the molecule is CC1Oc2nc(cnc2N)-c2c(C(N)=O)noc2CN(C)C(=O)c2ccc(F)cc21. The predicted molar refractivity (Wildman–Crippen MR) is 102 cm³/mol. The molecule has 11 heteroatoms. The number of rotatable bonds is 1. The molecule has 4 N–H and O–H groups in total. The van der Waals surface area contributed by atoms with Crippen LogP contribution >= 0.6 is 0 Å². The zero-order valence-corrected chi connectivity index (χ0v) is 16.0. The molecule has 1 unspecified atom stereocenters. The van der Waals surface area contributed by atoms with Crippen molar-refractivity contribution in [3.63, 3.8) is 0 Å². The average Bonchev–Trinajstić information content (AvgIpc) is 3.12. The maximum atomic E-state index is 13.9. The molecule has 0 saturated carbocycles. The number of carbonyl (C=O) groups is 2. The van der Waals surface area contributed by atoms with Crippen molar-refractivity contribution in [3.05, 3.63) is 52.8 Å². The predicted octanol–water partition coefficient (Wildman–Crippen LogP) is 1.68. The molecule has 3 aromatic rings. The number of halogens is 1. The van der Waals surface area contributed by atoms with Crippen LogP contribution in [0.15, 0.2) is 28.9 Å². The highest BCUT2D eigenvalue weighted by atomic mass is 19.1. The normalized spacial score (nSPS) is 16.0. The molecule has 0 spiro atoms. The van der Waals surface area contributed by atoms with Crippen LogP contribution in [0.3, 0.4) is 0 Å². The lowest BCUT2D eigenvalue weighted by molar-refractivity contribution is 0.0766. The Labute approximate surface area is 169 Å². The van der Waals surface area contributed by atoms with E-state index in [-0.39, 0.29) is 46.5 Å². The molecule has 0 radical (unpaired) electrons. The topological polar surface area (TPSA) is 150 Å². The average molecular weight is 412 g/mol. The summed E-state index contributed by atoms with van der Waals surface area (Å²) >= 11 is 0. The molecule has 1 aliphatic rings. The molecule has 154 valence electrons. The number of amides is 2. The molecule has 2 bridgehead atoms. The number of nitrogens with two attached hydrogens (primary N) is 2. The van der Waals surface area contributed by atoms with Crippen LogP contribution in [0.25, 0.3) is 11.3 Å². The largest absolute Gasteiger partial charge is 0.467 e. The number of carbonyl (C=O) groups excluding carboxylic acids is 2. The number of nitrogens with zero attached hydrogens (tertiary/aromatic N) is 4. The molecule has 1 aliphatic heterocycles. The van der Waals surface area contributed by atoms with Crippen molar-refractivity contribution in [3.8, 4) is 17.1 Å². The third-order valence-electron chi connectivity index (χ3n) is 4.72. The van der Waals surface area contributed by atoms with Gasteiger partial charge in [-0.3, -0.25) is 9.59 Å². The minimum Gasteiger partial charge on any atom is -0.467 e. The van der Waals surface area contributed by atoms with Gasteiger partial charge in [0.15, 0.2) is 17.3 Å². The van der Waals surface area contributed by atoms with Gasteiger partial charge in [-0.05, 0) is 25.1 Å². The lowest BCUT2D eigenvalue weighted by atomic mass is 10.0. The van der Waals surface area contributed by atoms with Crippen LogP contribution in [0.5, 0.6) is 5.88 Å². The van der Waals surface area contributed by atoms with Gasteiger partial charge in [-0.15, -0.1) is 0 Å². The fourth-order valence-electron chi connectivity index (χ4n) is 3.24. The summed E-state index contributed by atoms with van der Waals surface area (Å²) in [5.74, 6) is -1.69. The second-order valence-electron chi connectivity index (χ2n) is 6.79. The Hall–Kier alpha value is -4.02. The van der Waals surface area contributed by atoms with Crippen LogP contribution in [0.4, 0.5) is 10.2 Å². The molecule has 0 fully saturated rings. The van der Waals surface area contributed by atoms with Crippen molar-refractivity contribution >= 4 is 17.6 Å². The Balaban J connectivity index is 1.96. The third kappa shape index (κ3) is 3.19. The molecular weight excluding hydrogens is 395 g/mol. The molecule has 10 nitrogen and oxygen atoms in total. The van der Waals surface area contributed by atoms with E-state index >= 15 is 0 Å². The second-order valence-corrected chi connectivity index (χ2v) is 6.79. The smallest absolute Gasteiger partial charge is 0.271 e. The van der Waals surface area contributed by atoms with Crippen molar-refractivity contribution in [1.29, 1.82) is 0 Å². The van der Waals surface area contributed by atoms with Gasteiger partial charge in [0.2, 0.25) is 0 Å². The molecule has 2 aromatic heterocycles. The Morgan fingerprint density at radius 3 is 2.87 bits per heavy atom. The van der Waals surface area contributed by atoms with Gasteiger partial charge in [0.05, 0.1) is 24.0 Å². The number of benzene rings is 1. The second kappa shape index (κ2) is 7.10. The number of ether oxygens (including phenoxy) is 1. The Morgan fingerprint density at radius 1 is 1.37 bits per heavy atom. The summed E-state index contributed by atoms with van der Waals surface area (Å²) in [5.41, 5.74) is 12.0. The van der Waals surface area contributed by atoms with Crippen LogP contribution in [0.2, 0.25) is 0 Å². The third-order valence-corrected chi connectivity index (χ3v) is 4.72. The minimum absolute atomic E-state index is 0.0253. The molecule has 0 aliphatic carbocycles. The van der Waals surface area contributed by atoms with Crippen molar-refractivity contribution in [2.24, 2.45) is 5.73 Å². The van der Waals surface area contributed by atoms with E-state index in [4.69, 9.17) is 20.7 Å². The van der Waals surface area contributed by atoms with Crippen LogP contribution in [0, 0.1) is 5.82 Å². The van der Waals surface area contributed by atoms with E-state index in [1.165, 1.54) is 36.3 Å². The summed E-state index contributed by atoms with van der Waals surface area (Å²) in [5, 5.41) is 3.72. The van der Waals surface area contributed by atoms with Crippen molar-refractivity contribution in [2.75, 3.05) is 12.8 Å². The number of anilines is 1. The zero-order chi connectivity index (χ0) is 21.6. The highest BCUT2D eigenvalue weighted by molar-refractivity contribution is 5.98. The maximum absolute atomic E-state index is 13.9. The fraction of sp³-hybridized carbons (Fsp3) is 0.211. The van der Waals surface area contributed by atoms with E-state index in [9.17, 15) is 14.0 Å². The molecule has 1 aromatic carbocycles. The fourth-order valence-corrected chi connectivity index (χ4v) is 3.24. The first kappa shape index (κ1) is 19.3. The Morgan fingerprint density at radius 2 is 2.13 bits per heavy atom. The molecule has 30 heavy (non-hydrogen) atoms. The highest BCUT2D eigenvalue weighted by Gasteiger charge is 2.29. The van der Waals surface area contributed by atoms with Crippen molar-refractivity contribution in [1.82, 2.24) is 20.0 Å². The lowest BCUT2D eigenvalue weighted by Gasteiger charge is -2.23. The summed E-state index contributed by atoms with van der Waals surface area (Å²) < 4.78 is 25.0. The molecule has 1 atom stereocenters. The van der Waals surface area contributed by atoms with Gasteiger partial charge < -0.3 is 25.6 Å². The first-order chi connectivity index (χ1) is 14.3. The Kier molecular flexibility index (Phi) is 4.57. The number of primary amides is 1. The van der Waals surface area contributed by atoms with Crippen LogP contribution in [-0.2, 0) is 6.54 Å². The minimum atomic E-state index is -0.837. The molecule has 0 saturated heterocycles. The van der Waals surface area contributed by atoms with Gasteiger partial charge in [-0.25, -0.2) is 14.4 Å². The number of aromatic nitrogens is 3. The molecule has 2 amide bonds. The van der Waals surface area contributed by atoms with Crippen LogP contribution in [-0.4, -0.2) is 38.9 Å². The first-order valence-corrected chi connectivity index (χ1v) is 8.89. The number of fused-ring (bicyclic) bond motifs is 5. The summed E-state index contributed by atoms with van der Waals surface area (Å²) in [6.07, 6.45) is 0.535. The van der Waals surface area contributed by atoms with E-state index in [0.29, 0.717) is 5.56 Å². The van der Waals surface area contributed by atoms with Gasteiger partial charge in [0.1, 0.15) is 11.9 Å². The van der Waals surface area contributed by atoms with Crippen molar-refractivity contribution in [2.45, 2.75) is 19.6 Å². The van der Waals surface area contributed by atoms with Crippen LogP contribution < -0.4 is 16.2 Å². The standard InChI is InChI=1S/C19H17FN6O4/c1-8-11-5-9(20)3-4-10(11)19(28)26(2)7-13-14(15(17(22)27)25-30-13)12-6-23-16(21)18(24-12)29-8/h3-6,8H,7H2,1-2H3,(H2,21,23)(H2,22,27). The van der Waals surface area contributed by atoms with Gasteiger partial charge in [-0.1, -0.05) is 5.16 Å². The van der Waals surface area contributed by atoms with Gasteiger partial charge >= 0.3 is 0 Å². The summed E-state index contributed by atoms with van der Waals surface area (Å²) in [6.45, 7) is 1.58. The van der Waals surface area contributed by atoms with E-state index in [2.05, 4.69) is 15.1 Å². The first-order valence-electron chi connectivity index (χ1n) is 8.89. The van der Waals surface area contributed by atoms with Crippen LogP contribution in [0.1, 0.15) is 45.2 Å². The van der Waals surface area contributed by atoms with E-state index < -0.39 is 23.7 Å².